The number of hydrogen-bond acceptors (Lipinski definition) is 4. The van der Waals surface area contributed by atoms with Crippen LogP contribution in [0.5, 0.6) is 11.5 Å². The van der Waals surface area contributed by atoms with E-state index in [4.69, 9.17) is 21.1 Å². The van der Waals surface area contributed by atoms with E-state index in [1.165, 1.54) is 0 Å². The molecule has 0 spiro atoms. The molecule has 0 fully saturated rings. The Hall–Kier alpha value is -2.53. The average Bonchev–Trinajstić information content (AvgIpc) is 2.62. The molecule has 0 aliphatic rings. The molecule has 0 heterocycles. The molecule has 1 atom stereocenters. The summed E-state index contributed by atoms with van der Waals surface area (Å²) in [5, 5.41) is 9.64. The Kier molecular flexibility index (Phi) is 6.64. The van der Waals surface area contributed by atoms with Crippen molar-refractivity contribution >= 4 is 29.5 Å². The maximum atomic E-state index is 11.2. The van der Waals surface area contributed by atoms with Crippen molar-refractivity contribution in [2.45, 2.75) is 33.3 Å². The van der Waals surface area contributed by atoms with Gasteiger partial charge in [-0.1, -0.05) is 24.6 Å². The number of benzene rings is 2. The zero-order chi connectivity index (χ0) is 19.3. The lowest BCUT2D eigenvalue weighted by Gasteiger charge is -2.17. The number of aromatic carboxylic acids is 1. The van der Waals surface area contributed by atoms with Crippen molar-refractivity contribution in [1.82, 2.24) is 0 Å². The topological polar surface area (TPSA) is 68.1 Å². The van der Waals surface area contributed by atoms with Crippen LogP contribution in [0.2, 0.25) is 5.02 Å². The first kappa shape index (κ1) is 19.8. The van der Waals surface area contributed by atoms with E-state index in [0.29, 0.717) is 27.8 Å². The number of carbonyl (C=O) groups is 1. The van der Waals surface area contributed by atoms with Gasteiger partial charge in [0.1, 0.15) is 0 Å². The maximum Gasteiger partial charge on any atom is 0.336 e. The van der Waals surface area contributed by atoms with E-state index in [9.17, 15) is 9.90 Å². The Labute approximate surface area is 158 Å². The van der Waals surface area contributed by atoms with E-state index in [-0.39, 0.29) is 11.7 Å². The maximum absolute atomic E-state index is 11.2. The molecule has 0 aliphatic heterocycles. The third-order valence-electron chi connectivity index (χ3n) is 4.03. The van der Waals surface area contributed by atoms with E-state index in [2.05, 4.69) is 4.99 Å². The molecule has 0 aliphatic carbocycles. The Bertz CT molecular complexity index is 833. The van der Waals surface area contributed by atoms with Crippen LogP contribution in [0.15, 0.2) is 35.3 Å². The summed E-state index contributed by atoms with van der Waals surface area (Å²) in [5.74, 6) is 0.0517. The van der Waals surface area contributed by atoms with E-state index in [0.717, 1.165) is 12.0 Å². The van der Waals surface area contributed by atoms with Crippen LogP contribution < -0.4 is 9.47 Å². The molecular weight excluding hydrogens is 354 g/mol. The summed E-state index contributed by atoms with van der Waals surface area (Å²) in [6.07, 6.45) is 2.49. The van der Waals surface area contributed by atoms with Crippen LogP contribution >= 0.6 is 11.6 Å². The van der Waals surface area contributed by atoms with Gasteiger partial charge >= 0.3 is 5.97 Å². The number of rotatable bonds is 7. The summed E-state index contributed by atoms with van der Waals surface area (Å²) in [5.41, 5.74) is 2.14. The first-order chi connectivity index (χ1) is 12.4. The van der Waals surface area contributed by atoms with Crippen LogP contribution in [0.25, 0.3) is 0 Å². The number of nitrogens with zero attached hydrogens (tertiary/aromatic N) is 1. The molecule has 6 heteroatoms. The average molecular weight is 376 g/mol. The highest BCUT2D eigenvalue weighted by molar-refractivity contribution is 6.32. The van der Waals surface area contributed by atoms with Gasteiger partial charge in [0.25, 0.3) is 0 Å². The summed E-state index contributed by atoms with van der Waals surface area (Å²) in [4.78, 5) is 15.6. The first-order valence-corrected chi connectivity index (χ1v) is 8.66. The molecule has 0 radical (unpaired) electrons. The van der Waals surface area contributed by atoms with Crippen LogP contribution in [0.3, 0.4) is 0 Å². The first-order valence-electron chi connectivity index (χ1n) is 8.28. The summed E-state index contributed by atoms with van der Waals surface area (Å²) < 4.78 is 11.2. The largest absolute Gasteiger partial charge is 0.493 e. The summed E-state index contributed by atoms with van der Waals surface area (Å²) in [6, 6.07) is 8.50. The highest BCUT2D eigenvalue weighted by atomic mass is 35.5. The van der Waals surface area contributed by atoms with Gasteiger partial charge < -0.3 is 14.6 Å². The fourth-order valence-corrected chi connectivity index (χ4v) is 2.62. The van der Waals surface area contributed by atoms with Gasteiger partial charge in [0, 0.05) is 6.21 Å². The normalized spacial score (nSPS) is 12.2. The molecule has 0 saturated carbocycles. The molecule has 138 valence electrons. The van der Waals surface area contributed by atoms with Gasteiger partial charge in [-0.25, -0.2) is 4.79 Å². The molecule has 2 rings (SSSR count). The van der Waals surface area contributed by atoms with Crippen molar-refractivity contribution in [3.8, 4) is 11.5 Å². The van der Waals surface area contributed by atoms with E-state index < -0.39 is 5.97 Å². The lowest BCUT2D eigenvalue weighted by atomic mass is 10.1. The van der Waals surface area contributed by atoms with Crippen molar-refractivity contribution in [2.75, 3.05) is 7.11 Å². The van der Waals surface area contributed by atoms with Crippen molar-refractivity contribution in [1.29, 1.82) is 0 Å². The van der Waals surface area contributed by atoms with E-state index in [1.807, 2.05) is 13.8 Å². The summed E-state index contributed by atoms with van der Waals surface area (Å²) in [6.45, 7) is 5.72. The summed E-state index contributed by atoms with van der Waals surface area (Å²) >= 11 is 6.35. The van der Waals surface area contributed by atoms with Gasteiger partial charge in [0.2, 0.25) is 0 Å². The minimum Gasteiger partial charge on any atom is -0.493 e. The second-order valence-electron chi connectivity index (χ2n) is 5.88. The number of ether oxygens (including phenoxy) is 2. The van der Waals surface area contributed by atoms with Gasteiger partial charge in [-0.2, -0.15) is 0 Å². The predicted octanol–water partition coefficient (Wildman–Crippen LogP) is 5.28. The highest BCUT2D eigenvalue weighted by Crippen LogP contribution is 2.37. The Morgan fingerprint density at radius 1 is 1.38 bits per heavy atom. The minimum atomic E-state index is -0.976. The van der Waals surface area contributed by atoms with Gasteiger partial charge in [-0.3, -0.25) is 4.99 Å². The van der Waals surface area contributed by atoms with E-state index in [1.54, 1.807) is 50.6 Å². The van der Waals surface area contributed by atoms with Crippen LogP contribution in [0, 0.1) is 6.92 Å². The van der Waals surface area contributed by atoms with Crippen molar-refractivity contribution in [3.63, 3.8) is 0 Å². The van der Waals surface area contributed by atoms with Crippen molar-refractivity contribution in [2.24, 2.45) is 4.99 Å². The smallest absolute Gasteiger partial charge is 0.336 e. The number of carboxylic acids is 1. The Morgan fingerprint density at radius 3 is 2.73 bits per heavy atom. The second kappa shape index (κ2) is 8.72. The third kappa shape index (κ3) is 4.55. The molecule has 0 unspecified atom stereocenters. The standard InChI is InChI=1S/C20H22ClNO4/c1-5-12(2)26-19-16(21)9-14(10-18(19)25-4)11-22-17-8-6-7-15(13(17)3)20(23)24/h6-12H,5H2,1-4H3,(H,23,24)/t12-/m0/s1. The van der Waals surface area contributed by atoms with Crippen LogP contribution in [0.1, 0.15) is 41.8 Å². The van der Waals surface area contributed by atoms with Crippen LogP contribution in [-0.4, -0.2) is 30.5 Å². The lowest BCUT2D eigenvalue weighted by molar-refractivity contribution is 0.0696. The molecule has 26 heavy (non-hydrogen) atoms. The number of methoxy groups -OCH3 is 1. The molecule has 0 bridgehead atoms. The zero-order valence-corrected chi connectivity index (χ0v) is 16.0. The number of halogens is 1. The quantitative estimate of drug-likeness (QED) is 0.668. The number of hydrogen-bond donors (Lipinski definition) is 1. The third-order valence-corrected chi connectivity index (χ3v) is 4.31. The lowest BCUT2D eigenvalue weighted by Crippen LogP contribution is -2.11. The predicted molar refractivity (Wildman–Crippen MR) is 104 cm³/mol. The Balaban J connectivity index is 2.36. The molecule has 0 aromatic heterocycles. The fourth-order valence-electron chi connectivity index (χ4n) is 2.35. The molecule has 5 nitrogen and oxygen atoms in total. The highest BCUT2D eigenvalue weighted by Gasteiger charge is 2.14. The fraction of sp³-hybridized carbons (Fsp3) is 0.300. The monoisotopic (exact) mass is 375 g/mol. The van der Waals surface area contributed by atoms with Crippen LogP contribution in [0.4, 0.5) is 5.69 Å². The molecule has 0 saturated heterocycles. The molecule has 0 amide bonds. The Morgan fingerprint density at radius 2 is 2.12 bits per heavy atom. The van der Waals surface area contributed by atoms with Crippen molar-refractivity contribution < 1.29 is 19.4 Å². The molecule has 1 N–H and O–H groups in total. The minimum absolute atomic E-state index is 0.0160. The van der Waals surface area contributed by atoms with Gasteiger partial charge in [0.15, 0.2) is 11.5 Å². The van der Waals surface area contributed by atoms with Crippen molar-refractivity contribution in [3.05, 3.63) is 52.0 Å². The SMILES string of the molecule is CC[C@H](C)Oc1c(Cl)cc(C=Nc2cccc(C(=O)O)c2C)cc1OC. The molecule has 2 aromatic rings. The molecular formula is C20H22ClNO4. The number of aliphatic imine (C=N–C) groups is 1. The van der Waals surface area contributed by atoms with Gasteiger partial charge in [-0.05, 0) is 55.7 Å². The zero-order valence-electron chi connectivity index (χ0n) is 15.2. The van der Waals surface area contributed by atoms with Gasteiger partial charge in [0.05, 0.1) is 29.5 Å². The van der Waals surface area contributed by atoms with Gasteiger partial charge in [-0.15, -0.1) is 0 Å². The second-order valence-corrected chi connectivity index (χ2v) is 6.29. The van der Waals surface area contributed by atoms with Crippen LogP contribution in [-0.2, 0) is 0 Å². The van der Waals surface area contributed by atoms with E-state index >= 15 is 0 Å². The number of carboxylic acid groups (broad SMARTS) is 1. The summed E-state index contributed by atoms with van der Waals surface area (Å²) in [7, 11) is 1.55. The molecule has 2 aromatic carbocycles.